The Bertz CT molecular complexity index is 326. The minimum absolute atomic E-state index is 0.113. The van der Waals surface area contributed by atoms with Crippen LogP contribution in [0.25, 0.3) is 0 Å². The van der Waals surface area contributed by atoms with Crippen LogP contribution in [0.15, 0.2) is 12.4 Å². The largest absolute Gasteiger partial charge is 0.290 e. The number of nitrogens with one attached hydrogen (secondary N) is 1. The fraction of sp³-hybridized carbons (Fsp3) is 0.444. The molecule has 0 saturated carbocycles. The van der Waals surface area contributed by atoms with E-state index >= 15 is 0 Å². The van der Waals surface area contributed by atoms with E-state index in [1.807, 2.05) is 26.2 Å². The molecule has 1 heterocycles. The van der Waals surface area contributed by atoms with Crippen molar-refractivity contribution in [3.05, 3.63) is 23.8 Å². The first-order chi connectivity index (χ1) is 6.45. The van der Waals surface area contributed by atoms with Crippen molar-refractivity contribution in [3.63, 3.8) is 0 Å². The van der Waals surface area contributed by atoms with E-state index < -0.39 is 0 Å². The highest BCUT2D eigenvalue weighted by Crippen LogP contribution is 2.16. The standard InChI is InChI=1S/C9H14N4O/c1-9(2,3)8-11-4-6(5-12-8)7(14)13-10/h4-5H,10H2,1-3H3,(H,13,14). The summed E-state index contributed by atoms with van der Waals surface area (Å²) in [5, 5.41) is 0. The molecule has 3 N–H and O–H groups in total. The maximum atomic E-state index is 11.1. The van der Waals surface area contributed by atoms with Crippen LogP contribution in [0, 0.1) is 0 Å². The maximum absolute atomic E-state index is 11.1. The zero-order chi connectivity index (χ0) is 10.8. The number of carbonyl (C=O) groups excluding carboxylic acids is 1. The van der Waals surface area contributed by atoms with Gasteiger partial charge in [-0.2, -0.15) is 0 Å². The molecule has 5 nitrogen and oxygen atoms in total. The van der Waals surface area contributed by atoms with Crippen molar-refractivity contribution in [2.24, 2.45) is 5.84 Å². The first-order valence-corrected chi connectivity index (χ1v) is 4.28. The number of nitrogen functional groups attached to an aromatic ring is 1. The van der Waals surface area contributed by atoms with E-state index in [-0.39, 0.29) is 11.3 Å². The lowest BCUT2D eigenvalue weighted by Crippen LogP contribution is -2.30. The predicted molar refractivity (Wildman–Crippen MR) is 52.4 cm³/mol. The summed E-state index contributed by atoms with van der Waals surface area (Å²) in [7, 11) is 0. The normalized spacial score (nSPS) is 11.1. The highest BCUT2D eigenvalue weighted by Gasteiger charge is 2.17. The summed E-state index contributed by atoms with van der Waals surface area (Å²) in [5.74, 6) is 5.29. The van der Waals surface area contributed by atoms with Gasteiger partial charge in [-0.05, 0) is 0 Å². The Kier molecular flexibility index (Phi) is 2.81. The van der Waals surface area contributed by atoms with Crippen LogP contribution in [0.2, 0.25) is 0 Å². The number of nitrogens with zero attached hydrogens (tertiary/aromatic N) is 2. The molecule has 0 bridgehead atoms. The lowest BCUT2D eigenvalue weighted by atomic mass is 9.96. The summed E-state index contributed by atoms with van der Waals surface area (Å²) in [4.78, 5) is 19.2. The molecule has 0 aliphatic rings. The number of hydrazine groups is 1. The molecular formula is C9H14N4O. The van der Waals surface area contributed by atoms with Gasteiger partial charge in [0.2, 0.25) is 0 Å². The molecule has 14 heavy (non-hydrogen) atoms. The van der Waals surface area contributed by atoms with Gasteiger partial charge in [-0.15, -0.1) is 0 Å². The quantitative estimate of drug-likeness (QED) is 0.384. The summed E-state index contributed by atoms with van der Waals surface area (Å²) in [5.41, 5.74) is 2.27. The van der Waals surface area contributed by atoms with Crippen LogP contribution in [0.4, 0.5) is 0 Å². The highest BCUT2D eigenvalue weighted by molar-refractivity contribution is 5.93. The summed E-state index contributed by atoms with van der Waals surface area (Å²) in [6, 6.07) is 0. The molecule has 1 rings (SSSR count). The van der Waals surface area contributed by atoms with E-state index in [1.54, 1.807) is 0 Å². The average molecular weight is 194 g/mol. The molecule has 0 spiro atoms. The van der Waals surface area contributed by atoms with E-state index in [9.17, 15) is 4.79 Å². The molecule has 0 unspecified atom stereocenters. The fourth-order valence-corrected chi connectivity index (χ4v) is 0.916. The van der Waals surface area contributed by atoms with Gasteiger partial charge in [0, 0.05) is 17.8 Å². The number of nitrogens with two attached hydrogens (primary N) is 1. The van der Waals surface area contributed by atoms with Gasteiger partial charge >= 0.3 is 0 Å². The molecule has 1 amide bonds. The fourth-order valence-electron chi connectivity index (χ4n) is 0.916. The van der Waals surface area contributed by atoms with Crippen LogP contribution in [-0.4, -0.2) is 15.9 Å². The SMILES string of the molecule is CC(C)(C)c1ncc(C(=O)NN)cn1. The summed E-state index contributed by atoms with van der Waals surface area (Å²) >= 11 is 0. The van der Waals surface area contributed by atoms with Crippen LogP contribution in [0.3, 0.4) is 0 Å². The second-order valence-corrected chi connectivity index (χ2v) is 4.02. The Balaban J connectivity index is 2.95. The topological polar surface area (TPSA) is 80.9 Å². The van der Waals surface area contributed by atoms with E-state index in [0.717, 1.165) is 0 Å². The van der Waals surface area contributed by atoms with Crippen LogP contribution < -0.4 is 11.3 Å². The van der Waals surface area contributed by atoms with Crippen molar-refractivity contribution in [1.82, 2.24) is 15.4 Å². The first kappa shape index (κ1) is 10.6. The van der Waals surface area contributed by atoms with Crippen LogP contribution in [0.5, 0.6) is 0 Å². The van der Waals surface area contributed by atoms with Crippen molar-refractivity contribution in [3.8, 4) is 0 Å². The third-order valence-corrected chi connectivity index (χ3v) is 1.72. The molecule has 0 saturated heterocycles. The molecule has 0 fully saturated rings. The Morgan fingerprint density at radius 3 is 2.21 bits per heavy atom. The molecule has 5 heteroatoms. The molecule has 1 aromatic heterocycles. The summed E-state index contributed by atoms with van der Waals surface area (Å²) in [6.45, 7) is 6.01. The zero-order valence-electron chi connectivity index (χ0n) is 8.53. The second kappa shape index (κ2) is 3.71. The third kappa shape index (κ3) is 2.26. The third-order valence-electron chi connectivity index (χ3n) is 1.72. The molecule has 0 aromatic carbocycles. The zero-order valence-corrected chi connectivity index (χ0v) is 8.53. The molecule has 0 aliphatic heterocycles. The van der Waals surface area contributed by atoms with Crippen molar-refractivity contribution in [2.45, 2.75) is 26.2 Å². The van der Waals surface area contributed by atoms with Gasteiger partial charge in [-0.25, -0.2) is 15.8 Å². The first-order valence-electron chi connectivity index (χ1n) is 4.28. The van der Waals surface area contributed by atoms with Crippen molar-refractivity contribution in [1.29, 1.82) is 0 Å². The minimum Gasteiger partial charge on any atom is -0.290 e. The smallest absolute Gasteiger partial charge is 0.268 e. The number of amides is 1. The van der Waals surface area contributed by atoms with Gasteiger partial charge in [0.15, 0.2) is 0 Å². The van der Waals surface area contributed by atoms with Crippen LogP contribution in [0.1, 0.15) is 37.0 Å². The Hall–Kier alpha value is -1.49. The summed E-state index contributed by atoms with van der Waals surface area (Å²) < 4.78 is 0. The number of hydrogen-bond donors (Lipinski definition) is 2. The van der Waals surface area contributed by atoms with Gasteiger partial charge < -0.3 is 0 Å². The number of hydrogen-bond acceptors (Lipinski definition) is 4. The van der Waals surface area contributed by atoms with Gasteiger partial charge in [-0.1, -0.05) is 20.8 Å². The van der Waals surface area contributed by atoms with Gasteiger partial charge in [-0.3, -0.25) is 10.2 Å². The highest BCUT2D eigenvalue weighted by atomic mass is 16.2. The molecule has 1 aromatic rings. The Morgan fingerprint density at radius 1 is 1.36 bits per heavy atom. The molecule has 0 radical (unpaired) electrons. The van der Waals surface area contributed by atoms with E-state index in [1.165, 1.54) is 12.4 Å². The maximum Gasteiger partial charge on any atom is 0.268 e. The van der Waals surface area contributed by atoms with Crippen LogP contribution in [-0.2, 0) is 5.41 Å². The van der Waals surface area contributed by atoms with E-state index in [0.29, 0.717) is 11.4 Å². The minimum atomic E-state index is -0.384. The van der Waals surface area contributed by atoms with Crippen molar-refractivity contribution >= 4 is 5.91 Å². The van der Waals surface area contributed by atoms with Gasteiger partial charge in [0.05, 0.1) is 5.56 Å². The number of rotatable bonds is 1. The lowest BCUT2D eigenvalue weighted by molar-refractivity contribution is 0.0952. The van der Waals surface area contributed by atoms with Gasteiger partial charge in [0.25, 0.3) is 5.91 Å². The van der Waals surface area contributed by atoms with Crippen molar-refractivity contribution in [2.75, 3.05) is 0 Å². The van der Waals surface area contributed by atoms with E-state index in [2.05, 4.69) is 9.97 Å². The Labute approximate surface area is 82.7 Å². The molecular weight excluding hydrogens is 180 g/mol. The van der Waals surface area contributed by atoms with E-state index in [4.69, 9.17) is 5.84 Å². The molecule has 76 valence electrons. The monoisotopic (exact) mass is 194 g/mol. The molecule has 0 aliphatic carbocycles. The number of aromatic nitrogens is 2. The predicted octanol–water partition coefficient (Wildman–Crippen LogP) is 0.378. The number of carbonyl (C=O) groups is 1. The molecule has 0 atom stereocenters. The Morgan fingerprint density at radius 2 is 1.86 bits per heavy atom. The second-order valence-electron chi connectivity index (χ2n) is 4.02. The van der Waals surface area contributed by atoms with Crippen molar-refractivity contribution < 1.29 is 4.79 Å². The average Bonchev–Trinajstić information content (AvgIpc) is 2.15. The van der Waals surface area contributed by atoms with Gasteiger partial charge in [0.1, 0.15) is 5.82 Å². The lowest BCUT2D eigenvalue weighted by Gasteiger charge is -2.15. The van der Waals surface area contributed by atoms with Crippen LogP contribution >= 0.6 is 0 Å². The summed E-state index contributed by atoms with van der Waals surface area (Å²) in [6.07, 6.45) is 2.94.